The summed E-state index contributed by atoms with van der Waals surface area (Å²) in [5, 5.41) is 0. The van der Waals surface area contributed by atoms with Crippen LogP contribution in [0.1, 0.15) is 19.8 Å². The van der Waals surface area contributed by atoms with Crippen molar-refractivity contribution in [3.8, 4) is 0 Å². The molecule has 4 nitrogen and oxygen atoms in total. The molecule has 14 heavy (non-hydrogen) atoms. The number of rotatable bonds is 2. The standard InChI is InChI=1S/C10H13NO3/c1-8(12)11(9-4-2-6-13-9)10-5-3-7-14-10/h2-3,6-7,9-10H,4-5H2,1H3. The highest BCUT2D eigenvalue weighted by Crippen LogP contribution is 2.22. The lowest BCUT2D eigenvalue weighted by Gasteiger charge is -2.31. The van der Waals surface area contributed by atoms with Gasteiger partial charge in [0.25, 0.3) is 0 Å². The Hall–Kier alpha value is -1.45. The van der Waals surface area contributed by atoms with E-state index in [0.29, 0.717) is 0 Å². The first-order valence-electron chi connectivity index (χ1n) is 4.69. The highest BCUT2D eigenvalue weighted by molar-refractivity contribution is 5.73. The van der Waals surface area contributed by atoms with Crippen molar-refractivity contribution in [3.63, 3.8) is 0 Å². The molecule has 0 aromatic carbocycles. The van der Waals surface area contributed by atoms with Gasteiger partial charge in [-0.25, -0.2) is 0 Å². The largest absolute Gasteiger partial charge is 0.478 e. The van der Waals surface area contributed by atoms with Crippen molar-refractivity contribution in [1.29, 1.82) is 0 Å². The molecule has 2 atom stereocenters. The first kappa shape index (κ1) is 9.12. The number of carbonyl (C=O) groups is 1. The smallest absolute Gasteiger partial charge is 0.225 e. The second kappa shape index (κ2) is 3.74. The summed E-state index contributed by atoms with van der Waals surface area (Å²) >= 11 is 0. The van der Waals surface area contributed by atoms with E-state index in [2.05, 4.69) is 0 Å². The van der Waals surface area contributed by atoms with Crippen molar-refractivity contribution in [2.45, 2.75) is 32.2 Å². The van der Waals surface area contributed by atoms with Crippen molar-refractivity contribution < 1.29 is 14.3 Å². The Labute approximate surface area is 82.8 Å². The predicted molar refractivity (Wildman–Crippen MR) is 49.8 cm³/mol. The SMILES string of the molecule is CC(=O)N(C1CC=CO1)C1CC=CO1. The number of carbonyl (C=O) groups excluding carboxylic acids is 1. The fraction of sp³-hybridized carbons (Fsp3) is 0.500. The van der Waals surface area contributed by atoms with Gasteiger partial charge in [-0.1, -0.05) is 0 Å². The van der Waals surface area contributed by atoms with Gasteiger partial charge in [0.2, 0.25) is 5.91 Å². The van der Waals surface area contributed by atoms with Gasteiger partial charge in [0.15, 0.2) is 12.5 Å². The Bertz CT molecular complexity index is 247. The van der Waals surface area contributed by atoms with Crippen LogP contribution in [-0.2, 0) is 14.3 Å². The van der Waals surface area contributed by atoms with Gasteiger partial charge in [0.1, 0.15) is 0 Å². The predicted octanol–water partition coefficient (Wildman–Crippen LogP) is 1.36. The normalized spacial score (nSPS) is 28.6. The Morgan fingerprint density at radius 2 is 1.71 bits per heavy atom. The fourth-order valence-electron chi connectivity index (χ4n) is 1.70. The Morgan fingerprint density at radius 1 is 1.21 bits per heavy atom. The molecule has 0 saturated carbocycles. The highest BCUT2D eigenvalue weighted by atomic mass is 16.5. The van der Waals surface area contributed by atoms with Crippen molar-refractivity contribution in [3.05, 3.63) is 24.7 Å². The molecule has 0 fully saturated rings. The Kier molecular flexibility index (Phi) is 2.43. The second-order valence-corrected chi connectivity index (χ2v) is 3.32. The quantitative estimate of drug-likeness (QED) is 0.667. The Balaban J connectivity index is 2.03. The summed E-state index contributed by atoms with van der Waals surface area (Å²) in [5.41, 5.74) is 0. The van der Waals surface area contributed by atoms with Crippen LogP contribution in [0, 0.1) is 0 Å². The van der Waals surface area contributed by atoms with E-state index in [1.807, 2.05) is 12.2 Å². The molecule has 2 heterocycles. The van der Waals surface area contributed by atoms with Gasteiger partial charge in [0.05, 0.1) is 12.5 Å². The summed E-state index contributed by atoms with van der Waals surface area (Å²) in [7, 11) is 0. The number of nitrogens with zero attached hydrogens (tertiary/aromatic N) is 1. The zero-order valence-corrected chi connectivity index (χ0v) is 8.05. The van der Waals surface area contributed by atoms with Crippen molar-refractivity contribution in [2.75, 3.05) is 0 Å². The van der Waals surface area contributed by atoms with E-state index in [1.54, 1.807) is 17.4 Å². The molecule has 0 aromatic rings. The molecule has 0 bridgehead atoms. The van der Waals surface area contributed by atoms with E-state index in [0.717, 1.165) is 12.8 Å². The lowest BCUT2D eigenvalue weighted by atomic mass is 10.3. The number of hydrogen-bond acceptors (Lipinski definition) is 3. The molecular formula is C10H13NO3. The molecule has 0 saturated heterocycles. The molecule has 0 spiro atoms. The maximum atomic E-state index is 11.4. The molecule has 76 valence electrons. The van der Waals surface area contributed by atoms with Crippen molar-refractivity contribution >= 4 is 5.91 Å². The van der Waals surface area contributed by atoms with Crippen molar-refractivity contribution in [1.82, 2.24) is 4.90 Å². The second-order valence-electron chi connectivity index (χ2n) is 3.32. The summed E-state index contributed by atoms with van der Waals surface area (Å²) in [6, 6.07) is 0. The minimum Gasteiger partial charge on any atom is -0.478 e. The van der Waals surface area contributed by atoms with E-state index >= 15 is 0 Å². The van der Waals surface area contributed by atoms with E-state index in [4.69, 9.17) is 9.47 Å². The van der Waals surface area contributed by atoms with Gasteiger partial charge in [-0.3, -0.25) is 9.69 Å². The summed E-state index contributed by atoms with van der Waals surface area (Å²) in [4.78, 5) is 13.1. The molecule has 2 aliphatic rings. The first-order valence-corrected chi connectivity index (χ1v) is 4.69. The van der Waals surface area contributed by atoms with Crippen LogP contribution in [0.3, 0.4) is 0 Å². The van der Waals surface area contributed by atoms with E-state index in [-0.39, 0.29) is 18.4 Å². The summed E-state index contributed by atoms with van der Waals surface area (Å²) < 4.78 is 10.6. The van der Waals surface area contributed by atoms with E-state index in [9.17, 15) is 4.79 Å². The average molecular weight is 195 g/mol. The summed E-state index contributed by atoms with van der Waals surface area (Å²) in [6.45, 7) is 1.53. The van der Waals surface area contributed by atoms with Gasteiger partial charge in [-0.15, -0.1) is 0 Å². The fourth-order valence-corrected chi connectivity index (χ4v) is 1.70. The lowest BCUT2D eigenvalue weighted by Crippen LogP contribution is -2.45. The van der Waals surface area contributed by atoms with Crippen LogP contribution in [0.15, 0.2) is 24.7 Å². The maximum Gasteiger partial charge on any atom is 0.225 e. The van der Waals surface area contributed by atoms with Crippen LogP contribution < -0.4 is 0 Å². The van der Waals surface area contributed by atoms with Crippen LogP contribution in [0.2, 0.25) is 0 Å². The third-order valence-electron chi connectivity index (χ3n) is 2.32. The van der Waals surface area contributed by atoms with Gasteiger partial charge >= 0.3 is 0 Å². The van der Waals surface area contributed by atoms with Crippen molar-refractivity contribution in [2.24, 2.45) is 0 Å². The van der Waals surface area contributed by atoms with Gasteiger partial charge in [0, 0.05) is 19.8 Å². The zero-order chi connectivity index (χ0) is 9.97. The molecule has 2 aliphatic heterocycles. The summed E-state index contributed by atoms with van der Waals surface area (Å²) in [5.74, 6) is -0.0209. The first-order chi connectivity index (χ1) is 6.79. The average Bonchev–Trinajstić information content (AvgIpc) is 2.75. The monoisotopic (exact) mass is 195 g/mol. The number of hydrogen-bond donors (Lipinski definition) is 0. The molecule has 2 unspecified atom stereocenters. The number of amides is 1. The molecule has 0 aliphatic carbocycles. The number of ether oxygens (including phenoxy) is 2. The van der Waals surface area contributed by atoms with Gasteiger partial charge < -0.3 is 9.47 Å². The molecule has 0 N–H and O–H groups in total. The topological polar surface area (TPSA) is 38.8 Å². The minimum atomic E-state index is -0.197. The summed E-state index contributed by atoms with van der Waals surface area (Å²) in [6.07, 6.45) is 8.14. The minimum absolute atomic E-state index is 0.0209. The molecule has 1 amide bonds. The molecule has 2 rings (SSSR count). The van der Waals surface area contributed by atoms with E-state index in [1.165, 1.54) is 6.92 Å². The Morgan fingerprint density at radius 3 is 2.00 bits per heavy atom. The highest BCUT2D eigenvalue weighted by Gasteiger charge is 2.31. The lowest BCUT2D eigenvalue weighted by molar-refractivity contribution is -0.155. The van der Waals surface area contributed by atoms with Gasteiger partial charge in [-0.05, 0) is 12.2 Å². The van der Waals surface area contributed by atoms with Crippen LogP contribution >= 0.6 is 0 Å². The van der Waals surface area contributed by atoms with Crippen LogP contribution in [0.5, 0.6) is 0 Å². The van der Waals surface area contributed by atoms with Crippen LogP contribution in [-0.4, -0.2) is 23.3 Å². The van der Waals surface area contributed by atoms with Gasteiger partial charge in [-0.2, -0.15) is 0 Å². The molecule has 0 aromatic heterocycles. The molecule has 0 radical (unpaired) electrons. The van der Waals surface area contributed by atoms with E-state index < -0.39 is 0 Å². The van der Waals surface area contributed by atoms with Crippen LogP contribution in [0.4, 0.5) is 0 Å². The third-order valence-corrected chi connectivity index (χ3v) is 2.32. The zero-order valence-electron chi connectivity index (χ0n) is 8.05. The molecule has 4 heteroatoms. The van der Waals surface area contributed by atoms with Crippen LogP contribution in [0.25, 0.3) is 0 Å². The third kappa shape index (κ3) is 1.60. The maximum absolute atomic E-state index is 11.4. The molecular weight excluding hydrogens is 182 g/mol.